The van der Waals surface area contributed by atoms with Gasteiger partial charge in [-0.05, 0) is 23.8 Å². The van der Waals surface area contributed by atoms with Gasteiger partial charge in [-0.3, -0.25) is 9.11 Å². The fraction of sp³-hybridized carbons (Fsp3) is 0.455. The van der Waals surface area contributed by atoms with Gasteiger partial charge in [-0.1, -0.05) is 11.6 Å². The Kier molecular flexibility index (Phi) is 3.84. The molecule has 0 bridgehead atoms. The Balaban J connectivity index is 2.03. The summed E-state index contributed by atoms with van der Waals surface area (Å²) in [5, 5.41) is 0.713. The van der Waals surface area contributed by atoms with E-state index in [1.54, 1.807) is 6.07 Å². The van der Waals surface area contributed by atoms with E-state index >= 15 is 0 Å². The Labute approximate surface area is 103 Å². The van der Waals surface area contributed by atoms with E-state index in [4.69, 9.17) is 17.3 Å². The number of hydrogen-bond acceptors (Lipinski definition) is 3. The van der Waals surface area contributed by atoms with Crippen LogP contribution in [0.25, 0.3) is 0 Å². The van der Waals surface area contributed by atoms with E-state index in [0.29, 0.717) is 5.02 Å². The summed E-state index contributed by atoms with van der Waals surface area (Å²) in [5.41, 5.74) is 7.72. The number of halogens is 1. The average Bonchev–Trinajstić information content (AvgIpc) is 2.27. The van der Waals surface area contributed by atoms with Crippen LogP contribution in [-0.4, -0.2) is 33.7 Å². The van der Waals surface area contributed by atoms with Crippen molar-refractivity contribution in [1.29, 1.82) is 0 Å². The van der Waals surface area contributed by atoms with Gasteiger partial charge in [0.1, 0.15) is 0 Å². The van der Waals surface area contributed by atoms with E-state index < -0.39 is 10.8 Å². The lowest BCUT2D eigenvalue weighted by molar-refractivity contribution is 0.292. The largest absolute Gasteiger partial charge is 0.398 e. The minimum Gasteiger partial charge on any atom is -0.398 e. The van der Waals surface area contributed by atoms with Gasteiger partial charge in [-0.15, -0.1) is 0 Å². The van der Waals surface area contributed by atoms with E-state index in [2.05, 4.69) is 4.90 Å². The van der Waals surface area contributed by atoms with Crippen molar-refractivity contribution in [3.8, 4) is 0 Å². The third kappa shape index (κ3) is 2.97. The van der Waals surface area contributed by atoms with Crippen LogP contribution in [0.15, 0.2) is 18.2 Å². The number of nitrogen functional groups attached to an aromatic ring is 1. The minimum absolute atomic E-state index is 0.628. The zero-order valence-electron chi connectivity index (χ0n) is 8.99. The lowest BCUT2D eigenvalue weighted by Gasteiger charge is -2.26. The molecule has 0 spiro atoms. The first kappa shape index (κ1) is 11.9. The molecule has 0 aromatic heterocycles. The molecule has 0 saturated carbocycles. The van der Waals surface area contributed by atoms with Crippen molar-refractivity contribution < 1.29 is 4.21 Å². The Morgan fingerprint density at radius 1 is 1.38 bits per heavy atom. The molecule has 0 unspecified atom stereocenters. The fourth-order valence-corrected chi connectivity index (χ4v) is 3.11. The van der Waals surface area contributed by atoms with Crippen LogP contribution in [0.3, 0.4) is 0 Å². The first-order chi connectivity index (χ1) is 7.65. The summed E-state index contributed by atoms with van der Waals surface area (Å²) in [7, 11) is -0.628. The lowest BCUT2D eigenvalue weighted by Crippen LogP contribution is -2.37. The van der Waals surface area contributed by atoms with Crippen LogP contribution in [0.1, 0.15) is 5.56 Å². The van der Waals surface area contributed by atoms with E-state index in [-0.39, 0.29) is 0 Å². The number of benzene rings is 1. The van der Waals surface area contributed by atoms with Crippen molar-refractivity contribution in [2.45, 2.75) is 6.54 Å². The molecule has 0 aliphatic carbocycles. The maximum absolute atomic E-state index is 11.2. The van der Waals surface area contributed by atoms with Crippen LogP contribution in [0.2, 0.25) is 5.02 Å². The normalized spacial score (nSPS) is 18.8. The van der Waals surface area contributed by atoms with Gasteiger partial charge in [0.2, 0.25) is 0 Å². The molecule has 2 N–H and O–H groups in total. The summed E-state index contributed by atoms with van der Waals surface area (Å²) in [6, 6.07) is 5.54. The number of nitrogens with two attached hydrogens (primary N) is 1. The third-order valence-corrected chi connectivity index (χ3v) is 4.28. The van der Waals surface area contributed by atoms with Crippen molar-refractivity contribution >= 4 is 28.1 Å². The molecule has 0 amide bonds. The Hall–Kier alpha value is -0.580. The highest BCUT2D eigenvalue weighted by atomic mass is 35.5. The SMILES string of the molecule is Nc1ccc(Cl)cc1CN1CCS(=O)CC1. The molecule has 3 nitrogen and oxygen atoms in total. The molecule has 5 heteroatoms. The van der Waals surface area contributed by atoms with Crippen molar-refractivity contribution in [3.63, 3.8) is 0 Å². The Bertz CT molecular complexity index is 401. The maximum atomic E-state index is 11.2. The quantitative estimate of drug-likeness (QED) is 0.818. The van der Waals surface area contributed by atoms with Gasteiger partial charge in [-0.25, -0.2) is 0 Å². The monoisotopic (exact) mass is 258 g/mol. The number of anilines is 1. The summed E-state index contributed by atoms with van der Waals surface area (Å²) in [5.74, 6) is 1.53. The number of hydrogen-bond donors (Lipinski definition) is 1. The molecule has 1 saturated heterocycles. The smallest absolute Gasteiger partial charge is 0.0410 e. The van der Waals surface area contributed by atoms with Crippen LogP contribution < -0.4 is 5.73 Å². The van der Waals surface area contributed by atoms with E-state index in [1.807, 2.05) is 12.1 Å². The molecule has 1 aliphatic heterocycles. The summed E-state index contributed by atoms with van der Waals surface area (Å²) < 4.78 is 11.2. The predicted molar refractivity (Wildman–Crippen MR) is 69.0 cm³/mol. The molecule has 16 heavy (non-hydrogen) atoms. The molecule has 1 aromatic rings. The van der Waals surface area contributed by atoms with Crippen molar-refractivity contribution in [1.82, 2.24) is 4.90 Å². The summed E-state index contributed by atoms with van der Waals surface area (Å²) in [6.07, 6.45) is 0. The molecular formula is C11H15ClN2OS. The maximum Gasteiger partial charge on any atom is 0.0410 e. The van der Waals surface area contributed by atoms with E-state index in [0.717, 1.165) is 42.4 Å². The average molecular weight is 259 g/mol. The summed E-state index contributed by atoms with van der Waals surface area (Å²) in [4.78, 5) is 2.27. The van der Waals surface area contributed by atoms with Gasteiger partial charge < -0.3 is 5.73 Å². The lowest BCUT2D eigenvalue weighted by atomic mass is 10.1. The van der Waals surface area contributed by atoms with Gasteiger partial charge in [-0.2, -0.15) is 0 Å². The van der Waals surface area contributed by atoms with Crippen LogP contribution in [0.5, 0.6) is 0 Å². The first-order valence-electron chi connectivity index (χ1n) is 5.26. The van der Waals surface area contributed by atoms with Gasteiger partial charge in [0.25, 0.3) is 0 Å². The van der Waals surface area contributed by atoms with Crippen molar-refractivity contribution in [3.05, 3.63) is 28.8 Å². The van der Waals surface area contributed by atoms with Gasteiger partial charge in [0.05, 0.1) is 0 Å². The molecule has 1 aliphatic rings. The van der Waals surface area contributed by atoms with Crippen LogP contribution in [0.4, 0.5) is 5.69 Å². The Morgan fingerprint density at radius 3 is 2.75 bits per heavy atom. The topological polar surface area (TPSA) is 46.3 Å². The zero-order valence-corrected chi connectivity index (χ0v) is 10.6. The van der Waals surface area contributed by atoms with Crippen LogP contribution in [-0.2, 0) is 17.3 Å². The second-order valence-corrected chi connectivity index (χ2v) is 6.10. The fourth-order valence-electron chi connectivity index (χ4n) is 1.79. The molecule has 1 fully saturated rings. The third-order valence-electron chi connectivity index (χ3n) is 2.77. The van der Waals surface area contributed by atoms with E-state index in [1.165, 1.54) is 0 Å². The highest BCUT2D eigenvalue weighted by molar-refractivity contribution is 7.85. The number of rotatable bonds is 2. The second-order valence-electron chi connectivity index (χ2n) is 3.97. The molecule has 1 aromatic carbocycles. The van der Waals surface area contributed by atoms with Crippen LogP contribution >= 0.6 is 11.6 Å². The first-order valence-corrected chi connectivity index (χ1v) is 7.13. The standard InChI is InChI=1S/C11H15ClN2OS/c12-10-1-2-11(13)9(7-10)8-14-3-5-16(15)6-4-14/h1-2,7H,3-6,8,13H2. The highest BCUT2D eigenvalue weighted by Crippen LogP contribution is 2.20. The minimum atomic E-state index is -0.628. The Morgan fingerprint density at radius 2 is 2.06 bits per heavy atom. The second kappa shape index (κ2) is 5.17. The van der Waals surface area contributed by atoms with Crippen molar-refractivity contribution in [2.75, 3.05) is 30.3 Å². The summed E-state index contributed by atoms with van der Waals surface area (Å²) >= 11 is 5.93. The van der Waals surface area contributed by atoms with Crippen LogP contribution in [0, 0.1) is 0 Å². The molecule has 0 radical (unpaired) electrons. The van der Waals surface area contributed by atoms with Gasteiger partial charge in [0.15, 0.2) is 0 Å². The van der Waals surface area contributed by atoms with Gasteiger partial charge in [0, 0.05) is 52.6 Å². The zero-order chi connectivity index (χ0) is 11.5. The molecule has 1 heterocycles. The van der Waals surface area contributed by atoms with E-state index in [9.17, 15) is 4.21 Å². The molecule has 88 valence electrons. The molecular weight excluding hydrogens is 244 g/mol. The van der Waals surface area contributed by atoms with Gasteiger partial charge >= 0.3 is 0 Å². The summed E-state index contributed by atoms with van der Waals surface area (Å²) in [6.45, 7) is 2.54. The highest BCUT2D eigenvalue weighted by Gasteiger charge is 2.15. The molecule has 2 rings (SSSR count). The van der Waals surface area contributed by atoms with Crippen molar-refractivity contribution in [2.24, 2.45) is 0 Å². The predicted octanol–water partition coefficient (Wildman–Crippen LogP) is 1.49. The molecule has 0 atom stereocenters. The number of nitrogens with zero attached hydrogens (tertiary/aromatic N) is 1.